The zero-order valence-corrected chi connectivity index (χ0v) is 8.64. The Bertz CT molecular complexity index is 307. The third kappa shape index (κ3) is 2.85. The van der Waals surface area contributed by atoms with Crippen LogP contribution in [-0.2, 0) is 11.2 Å². The summed E-state index contributed by atoms with van der Waals surface area (Å²) >= 11 is 5.76. The van der Waals surface area contributed by atoms with Crippen LogP contribution < -0.4 is 0 Å². The summed E-state index contributed by atoms with van der Waals surface area (Å²) in [5, 5.41) is -0.402. The van der Waals surface area contributed by atoms with E-state index in [1.54, 1.807) is 0 Å². The fraction of sp³-hybridized carbons (Fsp3) is 0.364. The van der Waals surface area contributed by atoms with E-state index in [2.05, 4.69) is 18.2 Å². The topological polar surface area (TPSA) is 17.1 Å². The molecule has 0 fully saturated rings. The van der Waals surface area contributed by atoms with Crippen LogP contribution in [0, 0.1) is 13.8 Å². The van der Waals surface area contributed by atoms with Gasteiger partial charge in [-0.15, -0.1) is 11.6 Å². The predicted molar refractivity (Wildman–Crippen MR) is 55.3 cm³/mol. The first kappa shape index (κ1) is 10.3. The molecular weight excluding hydrogens is 184 g/mol. The maximum atomic E-state index is 10.4. The van der Waals surface area contributed by atoms with Gasteiger partial charge < -0.3 is 4.79 Å². The number of alkyl halides is 1. The van der Waals surface area contributed by atoms with Crippen molar-refractivity contribution in [3.63, 3.8) is 0 Å². The highest BCUT2D eigenvalue weighted by molar-refractivity contribution is 6.27. The first-order valence-electron chi connectivity index (χ1n) is 4.29. The molecule has 1 nitrogen and oxygen atoms in total. The maximum absolute atomic E-state index is 10.4. The van der Waals surface area contributed by atoms with Crippen LogP contribution in [0.25, 0.3) is 0 Å². The van der Waals surface area contributed by atoms with Crippen LogP contribution in [0.2, 0.25) is 0 Å². The molecule has 70 valence electrons. The summed E-state index contributed by atoms with van der Waals surface area (Å²) in [7, 11) is 0. The lowest BCUT2D eigenvalue weighted by molar-refractivity contribution is -0.107. The molecule has 0 radical (unpaired) electrons. The standard InChI is InChI=1S/C11H13ClO/c1-8-3-4-9(2)10(5-8)6-11(12)7-13/h3-5,7,11H,6H2,1-2H3. The third-order valence-corrected chi connectivity index (χ3v) is 2.32. The van der Waals surface area contributed by atoms with Gasteiger partial charge >= 0.3 is 0 Å². The molecule has 1 aromatic rings. The van der Waals surface area contributed by atoms with E-state index in [0.29, 0.717) is 6.42 Å². The maximum Gasteiger partial charge on any atom is 0.138 e. The molecule has 0 heterocycles. The summed E-state index contributed by atoms with van der Waals surface area (Å²) in [6, 6.07) is 6.19. The number of halogens is 1. The molecule has 0 aliphatic rings. The fourth-order valence-electron chi connectivity index (χ4n) is 1.28. The number of carbonyl (C=O) groups is 1. The molecule has 1 rings (SSSR count). The molecule has 0 saturated heterocycles. The fourth-order valence-corrected chi connectivity index (χ4v) is 1.44. The minimum atomic E-state index is -0.402. The first-order valence-corrected chi connectivity index (χ1v) is 4.72. The summed E-state index contributed by atoms with van der Waals surface area (Å²) in [6.45, 7) is 4.07. The Balaban J connectivity index is 2.86. The zero-order valence-electron chi connectivity index (χ0n) is 7.88. The van der Waals surface area contributed by atoms with Gasteiger partial charge in [0.2, 0.25) is 0 Å². The van der Waals surface area contributed by atoms with Crippen LogP contribution in [0.15, 0.2) is 18.2 Å². The van der Waals surface area contributed by atoms with E-state index >= 15 is 0 Å². The molecule has 0 N–H and O–H groups in total. The lowest BCUT2D eigenvalue weighted by Crippen LogP contribution is -2.05. The number of rotatable bonds is 3. The van der Waals surface area contributed by atoms with Crippen LogP contribution in [0.5, 0.6) is 0 Å². The van der Waals surface area contributed by atoms with Gasteiger partial charge in [0.25, 0.3) is 0 Å². The smallest absolute Gasteiger partial charge is 0.138 e. The molecule has 0 amide bonds. The summed E-state index contributed by atoms with van der Waals surface area (Å²) < 4.78 is 0. The molecule has 2 heteroatoms. The van der Waals surface area contributed by atoms with Crippen molar-refractivity contribution in [3.05, 3.63) is 34.9 Å². The van der Waals surface area contributed by atoms with Crippen LogP contribution >= 0.6 is 11.6 Å². The van der Waals surface area contributed by atoms with Crippen LogP contribution in [-0.4, -0.2) is 11.7 Å². The zero-order chi connectivity index (χ0) is 9.84. The molecule has 1 aromatic carbocycles. The van der Waals surface area contributed by atoms with Crippen LogP contribution in [0.3, 0.4) is 0 Å². The van der Waals surface area contributed by atoms with E-state index in [1.807, 2.05) is 13.8 Å². The van der Waals surface area contributed by atoms with E-state index in [9.17, 15) is 4.79 Å². The molecule has 0 bridgehead atoms. The van der Waals surface area contributed by atoms with Crippen molar-refractivity contribution in [3.8, 4) is 0 Å². The van der Waals surface area contributed by atoms with Gasteiger partial charge in [-0.3, -0.25) is 0 Å². The van der Waals surface area contributed by atoms with Gasteiger partial charge in [0.15, 0.2) is 0 Å². The van der Waals surface area contributed by atoms with E-state index in [-0.39, 0.29) is 0 Å². The van der Waals surface area contributed by atoms with Gasteiger partial charge in [-0.2, -0.15) is 0 Å². The minimum Gasteiger partial charge on any atom is -0.302 e. The number of hydrogen-bond donors (Lipinski definition) is 0. The summed E-state index contributed by atoms with van der Waals surface area (Å²) in [6.07, 6.45) is 1.40. The lowest BCUT2D eigenvalue weighted by Gasteiger charge is -2.07. The second-order valence-electron chi connectivity index (χ2n) is 3.29. The number of carbonyl (C=O) groups excluding carboxylic acids is 1. The van der Waals surface area contributed by atoms with Crippen LogP contribution in [0.1, 0.15) is 16.7 Å². The van der Waals surface area contributed by atoms with E-state index in [4.69, 9.17) is 11.6 Å². The average Bonchev–Trinajstić information content (AvgIpc) is 2.11. The summed E-state index contributed by atoms with van der Waals surface area (Å²) in [4.78, 5) is 10.4. The molecule has 0 aromatic heterocycles. The van der Waals surface area contributed by atoms with Crippen LogP contribution in [0.4, 0.5) is 0 Å². The molecule has 13 heavy (non-hydrogen) atoms. The highest BCUT2D eigenvalue weighted by Gasteiger charge is 2.06. The molecule has 0 aliphatic heterocycles. The van der Waals surface area contributed by atoms with Gasteiger partial charge in [-0.25, -0.2) is 0 Å². The molecule has 0 spiro atoms. The molecular formula is C11H13ClO. The highest BCUT2D eigenvalue weighted by atomic mass is 35.5. The molecule has 1 atom stereocenters. The van der Waals surface area contributed by atoms with Crippen molar-refractivity contribution < 1.29 is 4.79 Å². The first-order chi connectivity index (χ1) is 6.13. The van der Waals surface area contributed by atoms with Gasteiger partial charge in [-0.05, 0) is 31.4 Å². The Labute approximate surface area is 83.7 Å². The van der Waals surface area contributed by atoms with Gasteiger partial charge in [0, 0.05) is 0 Å². The molecule has 0 saturated carbocycles. The SMILES string of the molecule is Cc1ccc(C)c(CC(Cl)C=O)c1. The van der Waals surface area contributed by atoms with Gasteiger partial charge in [-0.1, -0.05) is 23.8 Å². The Kier molecular flexibility index (Phi) is 3.49. The Morgan fingerprint density at radius 1 is 1.46 bits per heavy atom. The lowest BCUT2D eigenvalue weighted by atomic mass is 10.0. The third-order valence-electron chi connectivity index (χ3n) is 2.07. The van der Waals surface area contributed by atoms with E-state index in [1.165, 1.54) is 11.1 Å². The molecule has 0 aliphatic carbocycles. The summed E-state index contributed by atoms with van der Waals surface area (Å²) in [5.41, 5.74) is 3.56. The van der Waals surface area contributed by atoms with Crippen molar-refractivity contribution >= 4 is 17.9 Å². The number of hydrogen-bond acceptors (Lipinski definition) is 1. The van der Waals surface area contributed by atoms with Crippen molar-refractivity contribution in [2.24, 2.45) is 0 Å². The average molecular weight is 197 g/mol. The number of aryl methyl sites for hydroxylation is 2. The summed E-state index contributed by atoms with van der Waals surface area (Å²) in [5.74, 6) is 0. The van der Waals surface area contributed by atoms with Gasteiger partial charge in [0.1, 0.15) is 6.29 Å². The second kappa shape index (κ2) is 4.43. The quantitative estimate of drug-likeness (QED) is 0.537. The van der Waals surface area contributed by atoms with Crippen molar-refractivity contribution in [1.82, 2.24) is 0 Å². The monoisotopic (exact) mass is 196 g/mol. The Hall–Kier alpha value is -0.820. The Morgan fingerprint density at radius 2 is 2.15 bits per heavy atom. The van der Waals surface area contributed by atoms with E-state index < -0.39 is 5.38 Å². The van der Waals surface area contributed by atoms with E-state index in [0.717, 1.165) is 11.8 Å². The van der Waals surface area contributed by atoms with Crippen molar-refractivity contribution in [2.75, 3.05) is 0 Å². The second-order valence-corrected chi connectivity index (χ2v) is 3.85. The highest BCUT2D eigenvalue weighted by Crippen LogP contribution is 2.14. The minimum absolute atomic E-state index is 0.402. The largest absolute Gasteiger partial charge is 0.302 e. The predicted octanol–water partition coefficient (Wildman–Crippen LogP) is 2.65. The van der Waals surface area contributed by atoms with Crippen molar-refractivity contribution in [2.45, 2.75) is 25.6 Å². The Morgan fingerprint density at radius 3 is 2.77 bits per heavy atom. The van der Waals surface area contributed by atoms with Crippen molar-refractivity contribution in [1.29, 1.82) is 0 Å². The van der Waals surface area contributed by atoms with Gasteiger partial charge in [0.05, 0.1) is 5.38 Å². The molecule has 1 unspecified atom stereocenters. The normalized spacial score (nSPS) is 12.5. The number of benzene rings is 1. The number of aldehydes is 1.